The van der Waals surface area contributed by atoms with Crippen molar-refractivity contribution < 1.29 is 14.7 Å². The van der Waals surface area contributed by atoms with E-state index in [1.54, 1.807) is 25.4 Å². The Labute approximate surface area is 172 Å². The summed E-state index contributed by atoms with van der Waals surface area (Å²) in [4.78, 5) is 31.5. The number of hydrogen-bond donors (Lipinski definition) is 2. The van der Waals surface area contributed by atoms with Gasteiger partial charge in [0.05, 0.1) is 6.54 Å². The fourth-order valence-corrected chi connectivity index (χ4v) is 3.97. The lowest BCUT2D eigenvalue weighted by molar-refractivity contribution is -0.130. The summed E-state index contributed by atoms with van der Waals surface area (Å²) in [5, 5.41) is 13.5. The smallest absolute Gasteiger partial charge is 0.409 e. The number of carbonyl (C=O) groups is 2. The van der Waals surface area contributed by atoms with Gasteiger partial charge in [0.1, 0.15) is 5.82 Å². The van der Waals surface area contributed by atoms with Gasteiger partial charge in [-0.15, -0.1) is 0 Å². The Morgan fingerprint density at radius 2 is 1.96 bits per heavy atom. The van der Waals surface area contributed by atoms with Gasteiger partial charge in [-0.25, -0.2) is 9.78 Å². The topological polar surface area (TPSA) is 85.8 Å². The first-order chi connectivity index (χ1) is 13.3. The van der Waals surface area contributed by atoms with Gasteiger partial charge in [0.2, 0.25) is 0 Å². The zero-order valence-electron chi connectivity index (χ0n) is 15.4. The molecule has 3 rings (SSSR count). The molecule has 1 aliphatic heterocycles. The molecule has 2 aromatic rings. The molecule has 7 nitrogen and oxygen atoms in total. The molecule has 0 spiro atoms. The van der Waals surface area contributed by atoms with Crippen LogP contribution in [0, 0.1) is 0 Å². The SMILES string of the molecule is CNC1(C(C)=O)CN(c2ccc(-c3ccc(Cl)cc3Cl)cn2)CCN1C(=O)O. The number of likely N-dealkylation sites (N-methyl/N-ethyl adjacent to an activating group) is 1. The highest BCUT2D eigenvalue weighted by Gasteiger charge is 2.47. The minimum Gasteiger partial charge on any atom is -0.465 e. The van der Waals surface area contributed by atoms with E-state index < -0.39 is 11.8 Å². The van der Waals surface area contributed by atoms with Crippen molar-refractivity contribution in [3.63, 3.8) is 0 Å². The Morgan fingerprint density at radius 3 is 2.50 bits per heavy atom. The maximum atomic E-state index is 12.3. The summed E-state index contributed by atoms with van der Waals surface area (Å²) in [5.74, 6) is 0.381. The van der Waals surface area contributed by atoms with Crippen molar-refractivity contribution >= 4 is 40.9 Å². The first-order valence-electron chi connectivity index (χ1n) is 8.65. The van der Waals surface area contributed by atoms with Gasteiger partial charge in [-0.2, -0.15) is 0 Å². The highest BCUT2D eigenvalue weighted by atomic mass is 35.5. The van der Waals surface area contributed by atoms with E-state index in [9.17, 15) is 14.7 Å². The van der Waals surface area contributed by atoms with E-state index in [0.29, 0.717) is 22.4 Å². The van der Waals surface area contributed by atoms with Crippen LogP contribution >= 0.6 is 23.2 Å². The average Bonchev–Trinajstić information content (AvgIpc) is 2.67. The summed E-state index contributed by atoms with van der Waals surface area (Å²) in [5.41, 5.74) is 0.333. The molecule has 2 N–H and O–H groups in total. The molecule has 1 unspecified atom stereocenters. The number of benzene rings is 1. The summed E-state index contributed by atoms with van der Waals surface area (Å²) in [7, 11) is 1.58. The molecule has 0 radical (unpaired) electrons. The number of pyridine rings is 1. The standard InChI is InChI=1S/C19H20Cl2N4O3/c1-12(26)19(22-2)11-24(7-8-25(19)18(27)28)17-6-3-13(10-23-17)15-5-4-14(20)9-16(15)21/h3-6,9-10,22H,7-8,11H2,1-2H3,(H,27,28). The number of Topliss-reactive ketones (excluding diaryl/α,β-unsaturated/α-hetero) is 1. The normalized spacial score (nSPS) is 19.6. The number of hydrogen-bond acceptors (Lipinski definition) is 5. The molecule has 1 fully saturated rings. The van der Waals surface area contributed by atoms with Crippen molar-refractivity contribution in [3.05, 3.63) is 46.6 Å². The molecule has 9 heteroatoms. The first kappa shape index (κ1) is 20.4. The molecule has 1 aromatic carbocycles. The van der Waals surface area contributed by atoms with Gasteiger partial charge in [-0.1, -0.05) is 29.3 Å². The van der Waals surface area contributed by atoms with Crippen molar-refractivity contribution in [2.45, 2.75) is 12.6 Å². The maximum absolute atomic E-state index is 12.3. The number of nitrogens with zero attached hydrogens (tertiary/aromatic N) is 3. The van der Waals surface area contributed by atoms with Crippen LogP contribution in [-0.4, -0.2) is 59.2 Å². The van der Waals surface area contributed by atoms with E-state index in [0.717, 1.165) is 16.0 Å². The Balaban J connectivity index is 1.88. The fourth-order valence-electron chi connectivity index (χ4n) is 3.45. The lowest BCUT2D eigenvalue weighted by atomic mass is 10.00. The molecular weight excluding hydrogens is 403 g/mol. The number of ketones is 1. The van der Waals surface area contributed by atoms with Gasteiger partial charge in [-0.05, 0) is 38.2 Å². The number of halogens is 2. The third-order valence-electron chi connectivity index (χ3n) is 5.01. The lowest BCUT2D eigenvalue weighted by Crippen LogP contribution is -2.73. The van der Waals surface area contributed by atoms with Crippen molar-refractivity contribution in [3.8, 4) is 11.1 Å². The number of aromatic nitrogens is 1. The quantitative estimate of drug-likeness (QED) is 0.785. The molecule has 148 valence electrons. The number of carbonyl (C=O) groups excluding carboxylic acids is 1. The van der Waals surface area contributed by atoms with Crippen LogP contribution in [-0.2, 0) is 4.79 Å². The molecule has 1 atom stereocenters. The van der Waals surface area contributed by atoms with E-state index in [1.165, 1.54) is 6.92 Å². The molecule has 0 bridgehead atoms. The number of nitrogens with one attached hydrogen (secondary N) is 1. The van der Waals surface area contributed by atoms with Gasteiger partial charge in [0.25, 0.3) is 0 Å². The average molecular weight is 423 g/mol. The predicted molar refractivity (Wildman–Crippen MR) is 109 cm³/mol. The van der Waals surface area contributed by atoms with Crippen molar-refractivity contribution in [1.82, 2.24) is 15.2 Å². The van der Waals surface area contributed by atoms with Gasteiger partial charge < -0.3 is 10.0 Å². The Hall–Kier alpha value is -2.35. The van der Waals surface area contributed by atoms with Crippen molar-refractivity contribution in [1.29, 1.82) is 0 Å². The summed E-state index contributed by atoms with van der Waals surface area (Å²) < 4.78 is 0. The molecular formula is C19H20Cl2N4O3. The molecule has 2 heterocycles. The largest absolute Gasteiger partial charge is 0.465 e. The number of anilines is 1. The lowest BCUT2D eigenvalue weighted by Gasteiger charge is -2.48. The van der Waals surface area contributed by atoms with Gasteiger partial charge in [0.15, 0.2) is 11.4 Å². The van der Waals surface area contributed by atoms with E-state index >= 15 is 0 Å². The number of rotatable bonds is 4. The van der Waals surface area contributed by atoms with Crippen LogP contribution in [0.4, 0.5) is 10.6 Å². The number of piperazine rings is 1. The summed E-state index contributed by atoms with van der Waals surface area (Å²) in [6.45, 7) is 2.16. The van der Waals surface area contributed by atoms with Crippen LogP contribution in [0.1, 0.15) is 6.92 Å². The third kappa shape index (κ3) is 3.65. The zero-order valence-corrected chi connectivity index (χ0v) is 17.0. The molecule has 0 aliphatic carbocycles. The van der Waals surface area contributed by atoms with Crippen LogP contribution in [0.15, 0.2) is 36.5 Å². The number of carboxylic acid groups (broad SMARTS) is 1. The van der Waals surface area contributed by atoms with Crippen molar-refractivity contribution in [2.24, 2.45) is 0 Å². The van der Waals surface area contributed by atoms with Gasteiger partial charge in [-0.3, -0.25) is 15.0 Å². The minimum atomic E-state index is -1.32. The first-order valence-corrected chi connectivity index (χ1v) is 9.41. The Kier molecular flexibility index (Phi) is 5.79. The summed E-state index contributed by atoms with van der Waals surface area (Å²) >= 11 is 12.2. The maximum Gasteiger partial charge on any atom is 0.409 e. The highest BCUT2D eigenvalue weighted by Crippen LogP contribution is 2.31. The van der Waals surface area contributed by atoms with Gasteiger partial charge >= 0.3 is 6.09 Å². The molecule has 1 saturated heterocycles. The monoisotopic (exact) mass is 422 g/mol. The van der Waals surface area contributed by atoms with Crippen LogP contribution in [0.2, 0.25) is 10.0 Å². The summed E-state index contributed by atoms with van der Waals surface area (Å²) in [6, 6.07) is 8.98. The second-order valence-corrected chi connectivity index (χ2v) is 7.40. The summed E-state index contributed by atoms with van der Waals surface area (Å²) in [6.07, 6.45) is 0.563. The van der Waals surface area contributed by atoms with Gasteiger partial charge in [0, 0.05) is 40.5 Å². The van der Waals surface area contributed by atoms with Crippen LogP contribution in [0.3, 0.4) is 0 Å². The van der Waals surface area contributed by atoms with Crippen LogP contribution in [0.5, 0.6) is 0 Å². The van der Waals surface area contributed by atoms with Crippen molar-refractivity contribution in [2.75, 3.05) is 31.6 Å². The van der Waals surface area contributed by atoms with E-state index in [4.69, 9.17) is 23.2 Å². The highest BCUT2D eigenvalue weighted by molar-refractivity contribution is 6.36. The molecule has 1 amide bonds. The third-order valence-corrected chi connectivity index (χ3v) is 5.56. The molecule has 1 aromatic heterocycles. The van der Waals surface area contributed by atoms with E-state index in [2.05, 4.69) is 10.3 Å². The Morgan fingerprint density at radius 1 is 1.21 bits per heavy atom. The second kappa shape index (κ2) is 7.95. The zero-order chi connectivity index (χ0) is 20.5. The number of amides is 1. The van der Waals surface area contributed by atoms with Crippen LogP contribution < -0.4 is 10.2 Å². The van der Waals surface area contributed by atoms with E-state index in [-0.39, 0.29) is 18.9 Å². The molecule has 0 saturated carbocycles. The minimum absolute atomic E-state index is 0.166. The predicted octanol–water partition coefficient (Wildman–Crippen LogP) is 3.36. The fraction of sp³-hybridized carbons (Fsp3) is 0.316. The van der Waals surface area contributed by atoms with E-state index in [1.807, 2.05) is 23.1 Å². The Bertz CT molecular complexity index is 907. The molecule has 28 heavy (non-hydrogen) atoms. The second-order valence-electron chi connectivity index (χ2n) is 6.55. The molecule has 1 aliphatic rings. The van der Waals surface area contributed by atoms with Crippen LogP contribution in [0.25, 0.3) is 11.1 Å².